The number of nitriles is 1. The van der Waals surface area contributed by atoms with Crippen LogP contribution in [-0.4, -0.2) is 5.71 Å². The molecule has 122 valence electrons. The van der Waals surface area contributed by atoms with E-state index < -0.39 is 0 Å². The van der Waals surface area contributed by atoms with E-state index in [2.05, 4.69) is 30.3 Å². The van der Waals surface area contributed by atoms with Gasteiger partial charge in [-0.2, -0.15) is 5.26 Å². The Morgan fingerprint density at radius 2 is 1.12 bits per heavy atom. The van der Waals surface area contributed by atoms with Gasteiger partial charge in [0.15, 0.2) is 0 Å². The molecular formula is C23H20N2. The van der Waals surface area contributed by atoms with Crippen molar-refractivity contribution in [3.63, 3.8) is 0 Å². The summed E-state index contributed by atoms with van der Waals surface area (Å²) in [6.07, 6.45) is 0. The van der Waals surface area contributed by atoms with Gasteiger partial charge in [0.2, 0.25) is 0 Å². The van der Waals surface area contributed by atoms with Gasteiger partial charge in [0.05, 0.1) is 12.1 Å². The van der Waals surface area contributed by atoms with E-state index in [-0.39, 0.29) is 12.0 Å². The molecule has 0 fully saturated rings. The lowest BCUT2D eigenvalue weighted by Crippen LogP contribution is -2.10. The molecule has 0 aliphatic rings. The quantitative estimate of drug-likeness (QED) is 0.567. The van der Waals surface area contributed by atoms with Crippen LogP contribution in [0.3, 0.4) is 0 Å². The van der Waals surface area contributed by atoms with Crippen LogP contribution < -0.4 is 0 Å². The number of nitrogens with zero attached hydrogens (tertiary/aromatic N) is 2. The minimum atomic E-state index is -0.337. The second-order valence-corrected chi connectivity index (χ2v) is 5.97. The second kappa shape index (κ2) is 8.08. The summed E-state index contributed by atoms with van der Waals surface area (Å²) in [5.74, 6) is -0.337. The fourth-order valence-electron chi connectivity index (χ4n) is 2.94. The molecule has 0 heterocycles. The summed E-state index contributed by atoms with van der Waals surface area (Å²) in [5, 5.41) is 9.67. The van der Waals surface area contributed by atoms with E-state index >= 15 is 0 Å². The predicted octanol–water partition coefficient (Wildman–Crippen LogP) is 5.54. The third kappa shape index (κ3) is 4.02. The van der Waals surface area contributed by atoms with Crippen molar-refractivity contribution in [3.05, 3.63) is 108 Å². The molecule has 2 heteroatoms. The largest absolute Gasteiger partial charge is 0.280 e. The van der Waals surface area contributed by atoms with Gasteiger partial charge in [-0.1, -0.05) is 91.0 Å². The summed E-state index contributed by atoms with van der Waals surface area (Å²) < 4.78 is 0. The molecule has 0 saturated heterocycles. The molecule has 0 N–H and O–H groups in total. The van der Waals surface area contributed by atoms with Crippen LogP contribution >= 0.6 is 0 Å². The first-order valence-corrected chi connectivity index (χ1v) is 8.38. The molecule has 0 radical (unpaired) electrons. The SMILES string of the molecule is CC(=NC(c1ccccc1)c1ccccc1)C(C#N)c1ccccc1. The summed E-state index contributed by atoms with van der Waals surface area (Å²) in [6, 6.07) is 32.5. The first kappa shape index (κ1) is 16.7. The first-order chi connectivity index (χ1) is 12.3. The maximum absolute atomic E-state index is 9.67. The highest BCUT2D eigenvalue weighted by Gasteiger charge is 2.18. The number of rotatable bonds is 5. The summed E-state index contributed by atoms with van der Waals surface area (Å²) in [7, 11) is 0. The highest BCUT2D eigenvalue weighted by atomic mass is 14.8. The minimum absolute atomic E-state index is 0.109. The molecule has 3 rings (SSSR count). The fourth-order valence-corrected chi connectivity index (χ4v) is 2.94. The van der Waals surface area contributed by atoms with Gasteiger partial charge < -0.3 is 0 Å². The molecule has 0 spiro atoms. The predicted molar refractivity (Wildman–Crippen MR) is 103 cm³/mol. The topological polar surface area (TPSA) is 36.1 Å². The zero-order valence-corrected chi connectivity index (χ0v) is 14.2. The van der Waals surface area contributed by atoms with Crippen molar-refractivity contribution in [2.45, 2.75) is 18.9 Å². The lowest BCUT2D eigenvalue weighted by molar-refractivity contribution is 0.861. The van der Waals surface area contributed by atoms with E-state index in [1.807, 2.05) is 73.7 Å². The first-order valence-electron chi connectivity index (χ1n) is 8.38. The van der Waals surface area contributed by atoms with Crippen molar-refractivity contribution < 1.29 is 0 Å². The van der Waals surface area contributed by atoms with E-state index in [1.165, 1.54) is 0 Å². The Balaban J connectivity index is 2.02. The maximum atomic E-state index is 9.67. The van der Waals surface area contributed by atoms with Crippen LogP contribution in [0, 0.1) is 11.3 Å². The standard InChI is InChI=1S/C23H20N2/c1-18(22(17-24)19-11-5-2-6-12-19)25-23(20-13-7-3-8-14-20)21-15-9-4-10-16-21/h2-16,22-23H,1H3. The van der Waals surface area contributed by atoms with Gasteiger partial charge in [0.25, 0.3) is 0 Å². The highest BCUT2D eigenvalue weighted by molar-refractivity contribution is 5.91. The van der Waals surface area contributed by atoms with E-state index in [0.717, 1.165) is 22.4 Å². The molecule has 2 nitrogen and oxygen atoms in total. The van der Waals surface area contributed by atoms with Gasteiger partial charge >= 0.3 is 0 Å². The third-order valence-electron chi connectivity index (χ3n) is 4.24. The highest BCUT2D eigenvalue weighted by Crippen LogP contribution is 2.28. The Hall–Kier alpha value is -3.18. The Kier molecular flexibility index (Phi) is 5.39. The number of aliphatic imine (C=N–C) groups is 1. The summed E-state index contributed by atoms with van der Waals surface area (Å²) in [4.78, 5) is 4.96. The van der Waals surface area contributed by atoms with Crippen LogP contribution in [0.5, 0.6) is 0 Å². The van der Waals surface area contributed by atoms with Gasteiger partial charge in [-0.15, -0.1) is 0 Å². The third-order valence-corrected chi connectivity index (χ3v) is 4.24. The average Bonchev–Trinajstić information content (AvgIpc) is 2.69. The van der Waals surface area contributed by atoms with E-state index in [4.69, 9.17) is 4.99 Å². The molecule has 3 aromatic rings. The molecule has 3 aromatic carbocycles. The van der Waals surface area contributed by atoms with Crippen molar-refractivity contribution in [1.82, 2.24) is 0 Å². The smallest absolute Gasteiger partial charge is 0.109 e. The van der Waals surface area contributed by atoms with Crippen LogP contribution in [0.25, 0.3) is 0 Å². The molecule has 0 aliphatic heterocycles. The van der Waals surface area contributed by atoms with Crippen molar-refractivity contribution >= 4 is 5.71 Å². The Morgan fingerprint density at radius 3 is 1.52 bits per heavy atom. The fraction of sp³-hybridized carbons (Fsp3) is 0.130. The maximum Gasteiger partial charge on any atom is 0.109 e. The Labute approximate surface area is 149 Å². The summed E-state index contributed by atoms with van der Waals surface area (Å²) in [6.45, 7) is 1.94. The van der Waals surface area contributed by atoms with Crippen molar-refractivity contribution in [1.29, 1.82) is 5.26 Å². The van der Waals surface area contributed by atoms with Crippen LogP contribution in [0.2, 0.25) is 0 Å². The van der Waals surface area contributed by atoms with Gasteiger partial charge in [0, 0.05) is 5.71 Å². The number of benzene rings is 3. The van der Waals surface area contributed by atoms with Crippen LogP contribution in [-0.2, 0) is 0 Å². The molecule has 0 saturated carbocycles. The van der Waals surface area contributed by atoms with Crippen LogP contribution in [0.1, 0.15) is 35.6 Å². The molecule has 0 aromatic heterocycles. The zero-order valence-electron chi connectivity index (χ0n) is 14.2. The monoisotopic (exact) mass is 324 g/mol. The molecule has 0 bridgehead atoms. The van der Waals surface area contributed by atoms with Gasteiger partial charge in [-0.05, 0) is 23.6 Å². The zero-order chi connectivity index (χ0) is 17.5. The molecule has 0 aliphatic carbocycles. The molecule has 1 atom stereocenters. The normalized spacial score (nSPS) is 12.6. The van der Waals surface area contributed by atoms with Crippen molar-refractivity contribution in [2.24, 2.45) is 4.99 Å². The van der Waals surface area contributed by atoms with E-state index in [1.54, 1.807) is 0 Å². The molecule has 25 heavy (non-hydrogen) atoms. The summed E-state index contributed by atoms with van der Waals surface area (Å²) >= 11 is 0. The van der Waals surface area contributed by atoms with Crippen LogP contribution in [0.15, 0.2) is 96.0 Å². The van der Waals surface area contributed by atoms with E-state index in [9.17, 15) is 5.26 Å². The van der Waals surface area contributed by atoms with Gasteiger partial charge in [-0.3, -0.25) is 4.99 Å². The molecule has 0 amide bonds. The summed E-state index contributed by atoms with van der Waals surface area (Å²) in [5.41, 5.74) is 4.05. The van der Waals surface area contributed by atoms with Crippen molar-refractivity contribution in [2.75, 3.05) is 0 Å². The number of hydrogen-bond donors (Lipinski definition) is 0. The second-order valence-electron chi connectivity index (χ2n) is 5.97. The van der Waals surface area contributed by atoms with Gasteiger partial charge in [-0.25, -0.2) is 0 Å². The number of hydrogen-bond acceptors (Lipinski definition) is 2. The van der Waals surface area contributed by atoms with Crippen molar-refractivity contribution in [3.8, 4) is 6.07 Å². The van der Waals surface area contributed by atoms with Crippen LogP contribution in [0.4, 0.5) is 0 Å². The van der Waals surface area contributed by atoms with E-state index in [0.29, 0.717) is 0 Å². The molecular weight excluding hydrogens is 304 g/mol. The lowest BCUT2D eigenvalue weighted by Gasteiger charge is -2.17. The molecule has 1 unspecified atom stereocenters. The minimum Gasteiger partial charge on any atom is -0.280 e. The average molecular weight is 324 g/mol. The lowest BCUT2D eigenvalue weighted by atomic mass is 9.94. The Bertz CT molecular complexity index is 823. The Morgan fingerprint density at radius 1 is 0.720 bits per heavy atom. The van der Waals surface area contributed by atoms with Gasteiger partial charge in [0.1, 0.15) is 5.92 Å².